The molecule has 0 aliphatic heterocycles. The van der Waals surface area contributed by atoms with Gasteiger partial charge in [-0.05, 0) is 36.5 Å². The lowest BCUT2D eigenvalue weighted by atomic mass is 10.2. The van der Waals surface area contributed by atoms with Crippen molar-refractivity contribution in [2.24, 2.45) is 7.05 Å². The zero-order chi connectivity index (χ0) is 13.9. The van der Waals surface area contributed by atoms with Crippen LogP contribution in [0.15, 0.2) is 42.9 Å². The number of aromatic nitrogens is 5. The Morgan fingerprint density at radius 3 is 2.80 bits per heavy atom. The van der Waals surface area contributed by atoms with E-state index in [1.807, 2.05) is 31.4 Å². The topological polar surface area (TPSA) is 63.5 Å². The molecular weight excluding hydrogens is 272 g/mol. The molecule has 0 atom stereocenters. The number of aromatic amines is 1. The number of hydrogen-bond donors (Lipinski definition) is 2. The second-order valence-corrected chi connectivity index (χ2v) is 4.76. The summed E-state index contributed by atoms with van der Waals surface area (Å²) in [6, 6.07) is 7.86. The molecule has 0 radical (unpaired) electrons. The largest absolute Gasteiger partial charge is 0.353 e. The van der Waals surface area contributed by atoms with Crippen LogP contribution in [0.4, 0.5) is 0 Å². The third kappa shape index (κ3) is 2.35. The van der Waals surface area contributed by atoms with Gasteiger partial charge in [0.15, 0.2) is 5.82 Å². The maximum absolute atomic E-state index is 5.26. The molecule has 0 amide bonds. The highest BCUT2D eigenvalue weighted by Gasteiger charge is 2.08. The molecule has 0 aromatic carbocycles. The van der Waals surface area contributed by atoms with Crippen LogP contribution in [0.1, 0.15) is 5.69 Å². The van der Waals surface area contributed by atoms with E-state index < -0.39 is 0 Å². The van der Waals surface area contributed by atoms with Gasteiger partial charge in [-0.3, -0.25) is 4.98 Å². The summed E-state index contributed by atoms with van der Waals surface area (Å²) in [7, 11) is 2.01. The van der Waals surface area contributed by atoms with Gasteiger partial charge >= 0.3 is 0 Å². The molecule has 0 bridgehead atoms. The lowest BCUT2D eigenvalue weighted by molar-refractivity contribution is 0.768. The van der Waals surface area contributed by atoms with Gasteiger partial charge in [-0.1, -0.05) is 0 Å². The summed E-state index contributed by atoms with van der Waals surface area (Å²) in [4.78, 5) is 4.01. The van der Waals surface area contributed by atoms with Gasteiger partial charge in [-0.2, -0.15) is 5.10 Å². The monoisotopic (exact) mass is 286 g/mol. The number of rotatable bonds is 4. The van der Waals surface area contributed by atoms with Crippen LogP contribution in [0, 0.1) is 4.77 Å². The van der Waals surface area contributed by atoms with E-state index in [0.717, 1.165) is 17.1 Å². The maximum atomic E-state index is 5.26. The average molecular weight is 286 g/mol. The molecule has 7 heteroatoms. The number of H-pyrrole nitrogens is 1. The summed E-state index contributed by atoms with van der Waals surface area (Å²) in [5.74, 6) is 0.742. The Balaban J connectivity index is 1.89. The summed E-state index contributed by atoms with van der Waals surface area (Å²) >= 11 is 5.26. The van der Waals surface area contributed by atoms with Crippen LogP contribution in [-0.4, -0.2) is 24.4 Å². The Hall–Kier alpha value is -2.41. The fourth-order valence-electron chi connectivity index (χ4n) is 1.98. The van der Waals surface area contributed by atoms with Crippen molar-refractivity contribution in [2.75, 3.05) is 5.43 Å². The van der Waals surface area contributed by atoms with E-state index in [1.165, 1.54) is 0 Å². The molecule has 3 heterocycles. The van der Waals surface area contributed by atoms with E-state index in [2.05, 4.69) is 31.2 Å². The van der Waals surface area contributed by atoms with Crippen molar-refractivity contribution >= 4 is 12.2 Å². The fourth-order valence-corrected chi connectivity index (χ4v) is 2.18. The second kappa shape index (κ2) is 5.30. The lowest BCUT2D eigenvalue weighted by Crippen LogP contribution is -2.17. The third-order valence-corrected chi connectivity index (χ3v) is 3.35. The maximum Gasteiger partial charge on any atom is 0.214 e. The van der Waals surface area contributed by atoms with Gasteiger partial charge in [0.1, 0.15) is 0 Å². The number of hydrogen-bond acceptors (Lipinski definition) is 4. The lowest BCUT2D eigenvalue weighted by Gasteiger charge is -2.10. The minimum absolute atomic E-state index is 0.533. The van der Waals surface area contributed by atoms with Crippen LogP contribution in [0.2, 0.25) is 0 Å². The SMILES string of the molecule is Cn1cccc1CNn1c(-c2ccncc2)n[nH]c1=S. The number of aryl methyl sites for hydroxylation is 1. The van der Waals surface area contributed by atoms with Crippen LogP contribution in [0.5, 0.6) is 0 Å². The van der Waals surface area contributed by atoms with Gasteiger partial charge < -0.3 is 9.99 Å². The quantitative estimate of drug-likeness (QED) is 0.721. The molecule has 0 fully saturated rings. The molecule has 2 N–H and O–H groups in total. The highest BCUT2D eigenvalue weighted by atomic mass is 32.1. The van der Waals surface area contributed by atoms with Gasteiger partial charge in [0.25, 0.3) is 0 Å². The van der Waals surface area contributed by atoms with Gasteiger partial charge in [0, 0.05) is 36.9 Å². The van der Waals surface area contributed by atoms with Crippen LogP contribution < -0.4 is 5.43 Å². The highest BCUT2D eigenvalue weighted by molar-refractivity contribution is 7.71. The van der Waals surface area contributed by atoms with Crippen molar-refractivity contribution < 1.29 is 0 Å². The average Bonchev–Trinajstić information content (AvgIpc) is 3.04. The van der Waals surface area contributed by atoms with Gasteiger partial charge in [0.05, 0.1) is 6.54 Å². The predicted molar refractivity (Wildman–Crippen MR) is 79.1 cm³/mol. The Bertz CT molecular complexity index is 755. The molecular formula is C13H14N6S. The van der Waals surface area contributed by atoms with E-state index in [4.69, 9.17) is 12.2 Å². The van der Waals surface area contributed by atoms with Gasteiger partial charge in [-0.15, -0.1) is 0 Å². The van der Waals surface area contributed by atoms with E-state index >= 15 is 0 Å². The van der Waals surface area contributed by atoms with Crippen molar-refractivity contribution in [1.82, 2.24) is 24.4 Å². The summed E-state index contributed by atoms with van der Waals surface area (Å²) in [5, 5.41) is 7.06. The van der Waals surface area contributed by atoms with Crippen molar-refractivity contribution in [2.45, 2.75) is 6.54 Å². The molecule has 6 nitrogen and oxygen atoms in total. The minimum atomic E-state index is 0.533. The smallest absolute Gasteiger partial charge is 0.214 e. The van der Waals surface area contributed by atoms with Crippen molar-refractivity contribution in [3.05, 3.63) is 53.3 Å². The number of pyridine rings is 1. The van der Waals surface area contributed by atoms with Crippen LogP contribution in [-0.2, 0) is 13.6 Å². The van der Waals surface area contributed by atoms with Crippen LogP contribution >= 0.6 is 12.2 Å². The molecule has 0 aliphatic rings. The fraction of sp³-hybridized carbons (Fsp3) is 0.154. The zero-order valence-corrected chi connectivity index (χ0v) is 11.8. The number of nitrogens with one attached hydrogen (secondary N) is 2. The summed E-state index contributed by atoms with van der Waals surface area (Å²) < 4.78 is 4.37. The zero-order valence-electron chi connectivity index (χ0n) is 10.9. The number of nitrogens with zero attached hydrogens (tertiary/aromatic N) is 4. The van der Waals surface area contributed by atoms with Gasteiger partial charge in [0.2, 0.25) is 4.77 Å². The molecule has 20 heavy (non-hydrogen) atoms. The van der Waals surface area contributed by atoms with E-state index in [1.54, 1.807) is 17.1 Å². The molecule has 0 spiro atoms. The van der Waals surface area contributed by atoms with Crippen molar-refractivity contribution in [1.29, 1.82) is 0 Å². The Labute approximate surface area is 121 Å². The van der Waals surface area contributed by atoms with Crippen LogP contribution in [0.25, 0.3) is 11.4 Å². The van der Waals surface area contributed by atoms with Gasteiger partial charge in [-0.25, -0.2) is 9.77 Å². The summed E-state index contributed by atoms with van der Waals surface area (Å²) in [5.41, 5.74) is 5.39. The normalized spacial score (nSPS) is 10.7. The van der Waals surface area contributed by atoms with E-state index in [-0.39, 0.29) is 0 Å². The van der Waals surface area contributed by atoms with E-state index in [9.17, 15) is 0 Å². The Morgan fingerprint density at radius 1 is 1.30 bits per heavy atom. The molecule has 0 saturated heterocycles. The first-order valence-corrected chi connectivity index (χ1v) is 6.58. The first-order chi connectivity index (χ1) is 9.75. The van der Waals surface area contributed by atoms with E-state index in [0.29, 0.717) is 11.3 Å². The Morgan fingerprint density at radius 2 is 2.10 bits per heavy atom. The first-order valence-electron chi connectivity index (χ1n) is 6.17. The molecule has 0 unspecified atom stereocenters. The molecule has 102 valence electrons. The molecule has 3 aromatic rings. The highest BCUT2D eigenvalue weighted by Crippen LogP contribution is 2.14. The first kappa shape index (κ1) is 12.6. The summed E-state index contributed by atoms with van der Waals surface area (Å²) in [6.45, 7) is 0.662. The van der Waals surface area contributed by atoms with Crippen molar-refractivity contribution in [3.8, 4) is 11.4 Å². The standard InChI is InChI=1S/C13H14N6S/c1-18-8-2-3-11(18)9-15-19-12(16-17-13(19)20)10-4-6-14-7-5-10/h2-8,15H,9H2,1H3,(H,17,20). The second-order valence-electron chi connectivity index (χ2n) is 4.37. The third-order valence-electron chi connectivity index (χ3n) is 3.08. The molecule has 0 saturated carbocycles. The van der Waals surface area contributed by atoms with Crippen molar-refractivity contribution in [3.63, 3.8) is 0 Å². The molecule has 0 aliphatic carbocycles. The Kier molecular flexibility index (Phi) is 3.34. The van der Waals surface area contributed by atoms with Crippen LogP contribution in [0.3, 0.4) is 0 Å². The summed E-state index contributed by atoms with van der Waals surface area (Å²) in [6.07, 6.45) is 5.47. The molecule has 3 rings (SSSR count). The predicted octanol–water partition coefficient (Wildman–Crippen LogP) is 2.08. The molecule has 3 aromatic heterocycles. The minimum Gasteiger partial charge on any atom is -0.353 e.